The molecule has 0 saturated carbocycles. The van der Waals surface area contributed by atoms with Crippen molar-refractivity contribution >= 4 is 18.2 Å². The molecule has 1 nitrogen and oxygen atoms in total. The summed E-state index contributed by atoms with van der Waals surface area (Å²) < 4.78 is 35.0. The van der Waals surface area contributed by atoms with Crippen molar-refractivity contribution in [2.75, 3.05) is 0 Å². The van der Waals surface area contributed by atoms with Crippen LogP contribution in [0.25, 0.3) is 18.2 Å². The Morgan fingerprint density at radius 1 is 0.800 bits per heavy atom. The molecule has 3 aromatic rings. The van der Waals surface area contributed by atoms with E-state index in [1.54, 1.807) is 12.1 Å². The molecule has 6 rings (SSSR count). The highest BCUT2D eigenvalue weighted by molar-refractivity contribution is 5.73. The normalized spacial score (nSPS) is 17.7. The van der Waals surface area contributed by atoms with Crippen molar-refractivity contribution in [1.29, 1.82) is 0 Å². The van der Waals surface area contributed by atoms with Gasteiger partial charge in [0.15, 0.2) is 0 Å². The van der Waals surface area contributed by atoms with E-state index in [2.05, 4.69) is 18.2 Å². The van der Waals surface area contributed by atoms with Crippen LogP contribution in [-0.2, 0) is 12.8 Å². The summed E-state index contributed by atoms with van der Waals surface area (Å²) >= 11 is 0. The molecule has 0 radical (unpaired) electrons. The zero-order valence-electron chi connectivity index (χ0n) is 16.2. The molecular weight excluding hydrogens is 378 g/mol. The Kier molecular flexibility index (Phi) is 3.79. The fourth-order valence-electron chi connectivity index (χ4n) is 4.82. The second-order valence-corrected chi connectivity index (χ2v) is 7.92. The van der Waals surface area contributed by atoms with E-state index in [1.165, 1.54) is 12.1 Å². The van der Waals surface area contributed by atoms with Gasteiger partial charge in [-0.3, -0.25) is 0 Å². The van der Waals surface area contributed by atoms with Gasteiger partial charge in [0.1, 0.15) is 23.1 Å². The van der Waals surface area contributed by atoms with Gasteiger partial charge in [-0.2, -0.15) is 0 Å². The molecule has 0 N–H and O–H groups in total. The quantitative estimate of drug-likeness (QED) is 0.480. The van der Waals surface area contributed by atoms with Gasteiger partial charge in [-0.05, 0) is 76.6 Å². The summed E-state index contributed by atoms with van der Waals surface area (Å²) in [5.74, 6) is 0.793. The van der Waals surface area contributed by atoms with E-state index in [1.807, 2.05) is 36.4 Å². The third kappa shape index (κ3) is 2.58. The van der Waals surface area contributed by atoms with Gasteiger partial charge in [-0.15, -0.1) is 0 Å². The Bertz CT molecular complexity index is 1300. The fourth-order valence-corrected chi connectivity index (χ4v) is 4.82. The number of ether oxygens (including phenoxy) is 1. The molecule has 1 atom stereocenters. The molecule has 3 aliphatic rings. The van der Waals surface area contributed by atoms with Crippen molar-refractivity contribution in [2.24, 2.45) is 0 Å². The second-order valence-electron chi connectivity index (χ2n) is 7.92. The molecule has 3 aromatic carbocycles. The van der Waals surface area contributed by atoms with Crippen LogP contribution in [0.5, 0.6) is 5.75 Å². The second kappa shape index (κ2) is 6.53. The minimum absolute atomic E-state index is 0.199. The predicted octanol–water partition coefficient (Wildman–Crippen LogP) is 6.67. The van der Waals surface area contributed by atoms with Gasteiger partial charge in [-0.1, -0.05) is 48.6 Å². The van der Waals surface area contributed by atoms with E-state index in [9.17, 15) is 8.78 Å². The van der Waals surface area contributed by atoms with Gasteiger partial charge in [-0.25, -0.2) is 8.78 Å². The highest BCUT2D eigenvalue weighted by Crippen LogP contribution is 2.46. The van der Waals surface area contributed by atoms with Crippen LogP contribution >= 0.6 is 0 Å². The number of rotatable bonds is 3. The lowest BCUT2D eigenvalue weighted by Crippen LogP contribution is -2.10. The van der Waals surface area contributed by atoms with Crippen molar-refractivity contribution in [3.8, 4) is 5.75 Å². The molecule has 3 heteroatoms. The number of hydrogen-bond acceptors (Lipinski definition) is 1. The molecule has 0 amide bonds. The summed E-state index contributed by atoms with van der Waals surface area (Å²) in [6.45, 7) is 0. The zero-order valence-corrected chi connectivity index (χ0v) is 16.2. The average molecular weight is 396 g/mol. The van der Waals surface area contributed by atoms with E-state index in [0.29, 0.717) is 12.0 Å². The number of halogens is 2. The van der Waals surface area contributed by atoms with Gasteiger partial charge in [0.2, 0.25) is 0 Å². The van der Waals surface area contributed by atoms with E-state index >= 15 is 0 Å². The minimum atomic E-state index is -0.285. The van der Waals surface area contributed by atoms with E-state index in [4.69, 9.17) is 4.74 Å². The van der Waals surface area contributed by atoms with Gasteiger partial charge < -0.3 is 4.74 Å². The SMILES string of the molecule is Fc1ccc2c(c1)C(c1ccc(F)c3c1C=CC3)C(Oc1cccc3c1CC=C3)=C2. The lowest BCUT2D eigenvalue weighted by Gasteiger charge is -2.22. The van der Waals surface area contributed by atoms with Gasteiger partial charge >= 0.3 is 0 Å². The molecule has 146 valence electrons. The minimum Gasteiger partial charge on any atom is -0.460 e. The highest BCUT2D eigenvalue weighted by Gasteiger charge is 2.33. The monoisotopic (exact) mass is 396 g/mol. The molecule has 1 unspecified atom stereocenters. The first kappa shape index (κ1) is 17.4. The fraction of sp³-hybridized carbons (Fsp3) is 0.111. The van der Waals surface area contributed by atoms with Crippen LogP contribution in [0.1, 0.15) is 44.9 Å². The number of benzene rings is 3. The molecule has 0 fully saturated rings. The number of fused-ring (bicyclic) bond motifs is 3. The summed E-state index contributed by atoms with van der Waals surface area (Å²) in [7, 11) is 0. The Balaban J connectivity index is 1.49. The Labute approximate surface area is 173 Å². The maximum Gasteiger partial charge on any atom is 0.131 e. The largest absolute Gasteiger partial charge is 0.460 e. The van der Waals surface area contributed by atoms with Crippen molar-refractivity contribution < 1.29 is 13.5 Å². The number of allylic oxidation sites excluding steroid dienone is 3. The first-order valence-corrected chi connectivity index (χ1v) is 10.1. The van der Waals surface area contributed by atoms with Gasteiger partial charge in [0, 0.05) is 5.56 Å². The van der Waals surface area contributed by atoms with Crippen LogP contribution in [0.3, 0.4) is 0 Å². The third-order valence-electron chi connectivity index (χ3n) is 6.21. The van der Waals surface area contributed by atoms with Crippen molar-refractivity contribution in [3.05, 3.63) is 117 Å². The molecule has 0 aromatic heterocycles. The third-order valence-corrected chi connectivity index (χ3v) is 6.21. The van der Waals surface area contributed by atoms with Gasteiger partial charge in [0.25, 0.3) is 0 Å². The number of hydrogen-bond donors (Lipinski definition) is 0. The lowest BCUT2D eigenvalue weighted by molar-refractivity contribution is 0.402. The Hall–Kier alpha value is -3.46. The van der Waals surface area contributed by atoms with E-state index in [0.717, 1.165) is 51.3 Å². The van der Waals surface area contributed by atoms with Crippen molar-refractivity contribution in [1.82, 2.24) is 0 Å². The Morgan fingerprint density at radius 2 is 1.67 bits per heavy atom. The van der Waals surface area contributed by atoms with Crippen molar-refractivity contribution in [3.63, 3.8) is 0 Å². The molecule has 3 aliphatic carbocycles. The topological polar surface area (TPSA) is 9.23 Å². The summed E-state index contributed by atoms with van der Waals surface area (Å²) in [6.07, 6.45) is 11.6. The van der Waals surface area contributed by atoms with E-state index < -0.39 is 0 Å². The Morgan fingerprint density at radius 3 is 2.60 bits per heavy atom. The van der Waals surface area contributed by atoms with Crippen LogP contribution in [0.15, 0.2) is 66.4 Å². The van der Waals surface area contributed by atoms with Crippen LogP contribution in [0, 0.1) is 11.6 Å². The molecule has 0 bridgehead atoms. The summed E-state index contributed by atoms with van der Waals surface area (Å²) in [5, 5.41) is 0. The van der Waals surface area contributed by atoms with Gasteiger partial charge in [0.05, 0.1) is 5.92 Å². The summed E-state index contributed by atoms with van der Waals surface area (Å²) in [5.41, 5.74) is 6.63. The van der Waals surface area contributed by atoms with Crippen LogP contribution < -0.4 is 4.74 Å². The summed E-state index contributed by atoms with van der Waals surface area (Å²) in [6, 6.07) is 14.2. The lowest BCUT2D eigenvalue weighted by atomic mass is 9.87. The maximum atomic E-state index is 14.4. The molecule has 30 heavy (non-hydrogen) atoms. The molecule has 0 heterocycles. The standard InChI is InChI=1S/C27H18F2O/c28-18-11-10-17-14-26(30-25-9-2-5-16-4-1-6-19(16)25)27(23(17)15-18)22-12-13-24(29)21-8-3-7-20(21)22/h1-5,7,9-15,27H,6,8H2. The van der Waals surface area contributed by atoms with E-state index in [-0.39, 0.29) is 17.6 Å². The first-order chi connectivity index (χ1) is 14.7. The highest BCUT2D eigenvalue weighted by atomic mass is 19.1. The van der Waals surface area contributed by atoms with Crippen molar-refractivity contribution in [2.45, 2.75) is 18.8 Å². The van der Waals surface area contributed by atoms with Crippen LogP contribution in [-0.4, -0.2) is 0 Å². The maximum absolute atomic E-state index is 14.4. The average Bonchev–Trinajstić information content (AvgIpc) is 3.47. The molecular formula is C27H18F2O. The molecule has 0 aliphatic heterocycles. The van der Waals surface area contributed by atoms with Crippen LogP contribution in [0.2, 0.25) is 0 Å². The predicted molar refractivity (Wildman–Crippen MR) is 115 cm³/mol. The smallest absolute Gasteiger partial charge is 0.131 e. The van der Waals surface area contributed by atoms with Crippen LogP contribution in [0.4, 0.5) is 8.78 Å². The summed E-state index contributed by atoms with van der Waals surface area (Å²) in [4.78, 5) is 0. The zero-order chi connectivity index (χ0) is 20.2. The first-order valence-electron chi connectivity index (χ1n) is 10.1. The molecule has 0 saturated heterocycles. The molecule has 0 spiro atoms.